The van der Waals surface area contributed by atoms with Crippen LogP contribution in [0.4, 0.5) is 0 Å². The van der Waals surface area contributed by atoms with Crippen molar-refractivity contribution in [1.82, 2.24) is 4.98 Å². The minimum absolute atomic E-state index is 0.464. The van der Waals surface area contributed by atoms with Gasteiger partial charge in [-0.2, -0.15) is 0 Å². The van der Waals surface area contributed by atoms with Crippen LogP contribution in [0.25, 0.3) is 10.6 Å². The van der Waals surface area contributed by atoms with E-state index in [1.54, 1.807) is 11.3 Å². The van der Waals surface area contributed by atoms with Gasteiger partial charge in [0.1, 0.15) is 22.4 Å². The van der Waals surface area contributed by atoms with E-state index >= 15 is 0 Å². The average Bonchev–Trinajstić information content (AvgIpc) is 2.91. The van der Waals surface area contributed by atoms with E-state index < -0.39 is 0 Å². The number of rotatable bonds is 2. The Labute approximate surface area is 117 Å². The van der Waals surface area contributed by atoms with Crippen molar-refractivity contribution < 1.29 is 9.47 Å². The number of fused-ring (bicyclic) bond motifs is 1. The zero-order valence-electron chi connectivity index (χ0n) is 9.66. The first-order chi connectivity index (χ1) is 8.70. The number of aryl methyl sites for hydroxylation is 1. The fourth-order valence-corrected chi connectivity index (χ4v) is 4.05. The fourth-order valence-electron chi connectivity index (χ4n) is 1.86. The minimum atomic E-state index is 0.464. The normalized spacial score (nSPS) is 13.9. The van der Waals surface area contributed by atoms with Gasteiger partial charge in [0.25, 0.3) is 0 Å². The van der Waals surface area contributed by atoms with Gasteiger partial charge in [-0.3, -0.25) is 0 Å². The zero-order valence-corrected chi connectivity index (χ0v) is 12.0. The molecular weight excluding hydrogens is 292 g/mol. The number of ether oxygens (including phenoxy) is 2. The molecule has 3 rings (SSSR count). The van der Waals surface area contributed by atoms with Gasteiger partial charge in [0.15, 0.2) is 11.5 Å². The lowest BCUT2D eigenvalue weighted by molar-refractivity contribution is 0.174. The molecule has 0 bridgehead atoms. The maximum atomic E-state index is 6.17. The van der Waals surface area contributed by atoms with Gasteiger partial charge in [-0.25, -0.2) is 4.98 Å². The molecule has 2 N–H and O–H groups in total. The standard InChI is InChI=1S/C11H11ClN2O2S2/c1-5-14-7(6(4-13)17-5)10-8-9(11(12)18-10)16-3-2-15-8/h2-4,13H2,1H3. The summed E-state index contributed by atoms with van der Waals surface area (Å²) in [6.45, 7) is 3.50. The van der Waals surface area contributed by atoms with E-state index in [-0.39, 0.29) is 0 Å². The lowest BCUT2D eigenvalue weighted by Crippen LogP contribution is -2.14. The molecule has 3 heterocycles. The predicted octanol–water partition coefficient (Wildman–Crippen LogP) is 3.06. The Morgan fingerprint density at radius 3 is 2.72 bits per heavy atom. The largest absolute Gasteiger partial charge is 0.484 e. The van der Waals surface area contributed by atoms with Gasteiger partial charge < -0.3 is 15.2 Å². The highest BCUT2D eigenvalue weighted by atomic mass is 35.5. The van der Waals surface area contributed by atoms with E-state index in [9.17, 15) is 0 Å². The Bertz CT molecular complexity index is 594. The van der Waals surface area contributed by atoms with Gasteiger partial charge in [0.2, 0.25) is 0 Å². The van der Waals surface area contributed by atoms with Gasteiger partial charge in [-0.15, -0.1) is 22.7 Å². The van der Waals surface area contributed by atoms with Crippen molar-refractivity contribution in [2.24, 2.45) is 5.73 Å². The molecule has 96 valence electrons. The molecule has 7 heteroatoms. The van der Waals surface area contributed by atoms with Crippen LogP contribution in [0, 0.1) is 6.92 Å². The topological polar surface area (TPSA) is 57.4 Å². The number of thiophene rings is 1. The second-order valence-electron chi connectivity index (χ2n) is 3.77. The zero-order chi connectivity index (χ0) is 12.7. The van der Waals surface area contributed by atoms with E-state index in [2.05, 4.69) is 4.98 Å². The van der Waals surface area contributed by atoms with E-state index in [4.69, 9.17) is 26.8 Å². The van der Waals surface area contributed by atoms with Gasteiger partial charge in [0, 0.05) is 11.4 Å². The number of nitrogens with zero attached hydrogens (tertiary/aromatic N) is 1. The molecule has 0 saturated carbocycles. The molecule has 0 aromatic carbocycles. The van der Waals surface area contributed by atoms with E-state index in [0.29, 0.717) is 35.6 Å². The molecule has 2 aromatic rings. The molecule has 0 saturated heterocycles. The van der Waals surface area contributed by atoms with Crippen molar-refractivity contribution in [3.05, 3.63) is 14.2 Å². The number of halogens is 1. The summed E-state index contributed by atoms with van der Waals surface area (Å²) in [5.41, 5.74) is 6.63. The summed E-state index contributed by atoms with van der Waals surface area (Å²) in [6.07, 6.45) is 0. The van der Waals surface area contributed by atoms with Crippen LogP contribution in [-0.4, -0.2) is 18.2 Å². The smallest absolute Gasteiger partial charge is 0.191 e. The highest BCUT2D eigenvalue weighted by molar-refractivity contribution is 7.20. The van der Waals surface area contributed by atoms with E-state index in [1.807, 2.05) is 6.92 Å². The molecule has 0 fully saturated rings. The van der Waals surface area contributed by atoms with Crippen molar-refractivity contribution in [3.8, 4) is 22.1 Å². The predicted molar refractivity (Wildman–Crippen MR) is 74.1 cm³/mol. The molecule has 0 spiro atoms. The molecule has 0 atom stereocenters. The Kier molecular flexibility index (Phi) is 3.19. The van der Waals surface area contributed by atoms with Crippen LogP contribution in [0.15, 0.2) is 0 Å². The van der Waals surface area contributed by atoms with Crippen molar-refractivity contribution >= 4 is 34.3 Å². The Balaban J connectivity index is 2.16. The van der Waals surface area contributed by atoms with Crippen molar-refractivity contribution in [1.29, 1.82) is 0 Å². The highest BCUT2D eigenvalue weighted by Crippen LogP contribution is 2.52. The molecular formula is C11H11ClN2O2S2. The quantitative estimate of drug-likeness (QED) is 0.926. The number of hydrogen-bond donors (Lipinski definition) is 1. The second-order valence-corrected chi connectivity index (χ2v) is 6.68. The number of nitrogens with two attached hydrogens (primary N) is 1. The Morgan fingerprint density at radius 1 is 1.28 bits per heavy atom. The summed E-state index contributed by atoms with van der Waals surface area (Å²) in [6, 6.07) is 0. The highest BCUT2D eigenvalue weighted by Gasteiger charge is 2.27. The van der Waals surface area contributed by atoms with Crippen LogP contribution in [0.3, 0.4) is 0 Å². The first kappa shape index (κ1) is 12.2. The van der Waals surface area contributed by atoms with Crippen LogP contribution in [0.1, 0.15) is 9.88 Å². The molecule has 0 amide bonds. The second kappa shape index (κ2) is 4.70. The van der Waals surface area contributed by atoms with Gasteiger partial charge >= 0.3 is 0 Å². The molecule has 0 aliphatic carbocycles. The third-order valence-corrected chi connectivity index (χ3v) is 4.91. The van der Waals surface area contributed by atoms with Crippen LogP contribution >= 0.6 is 34.3 Å². The van der Waals surface area contributed by atoms with Crippen LogP contribution in [0.5, 0.6) is 11.5 Å². The monoisotopic (exact) mass is 302 g/mol. The molecule has 4 nitrogen and oxygen atoms in total. The maximum absolute atomic E-state index is 6.17. The van der Waals surface area contributed by atoms with E-state index in [0.717, 1.165) is 20.5 Å². The molecule has 0 radical (unpaired) electrons. The molecule has 2 aromatic heterocycles. The molecule has 18 heavy (non-hydrogen) atoms. The molecule has 1 aliphatic rings. The van der Waals surface area contributed by atoms with Crippen molar-refractivity contribution in [2.75, 3.05) is 13.2 Å². The maximum Gasteiger partial charge on any atom is 0.191 e. The summed E-state index contributed by atoms with van der Waals surface area (Å²) in [5, 5.41) is 0.987. The van der Waals surface area contributed by atoms with Crippen LogP contribution in [-0.2, 0) is 6.54 Å². The minimum Gasteiger partial charge on any atom is -0.484 e. The number of hydrogen-bond acceptors (Lipinski definition) is 6. The van der Waals surface area contributed by atoms with Gasteiger partial charge in [0.05, 0.1) is 10.7 Å². The van der Waals surface area contributed by atoms with Gasteiger partial charge in [-0.05, 0) is 6.92 Å². The Hall–Kier alpha value is -0.820. The van der Waals surface area contributed by atoms with Crippen LogP contribution < -0.4 is 15.2 Å². The Morgan fingerprint density at radius 2 is 2.00 bits per heavy atom. The lowest BCUT2D eigenvalue weighted by Gasteiger charge is -2.16. The SMILES string of the molecule is Cc1nc(-c2sc(Cl)c3c2OCCO3)c(CN)s1. The van der Waals surface area contributed by atoms with Gasteiger partial charge in [-0.1, -0.05) is 11.6 Å². The third kappa shape index (κ3) is 1.89. The number of aromatic nitrogens is 1. The third-order valence-electron chi connectivity index (χ3n) is 2.56. The average molecular weight is 303 g/mol. The molecule has 1 aliphatic heterocycles. The fraction of sp³-hybridized carbons (Fsp3) is 0.364. The summed E-state index contributed by atoms with van der Waals surface area (Å²) in [7, 11) is 0. The first-order valence-electron chi connectivity index (χ1n) is 5.45. The van der Waals surface area contributed by atoms with Crippen molar-refractivity contribution in [3.63, 3.8) is 0 Å². The molecule has 0 unspecified atom stereocenters. The lowest BCUT2D eigenvalue weighted by atomic mass is 10.2. The first-order valence-corrected chi connectivity index (χ1v) is 7.46. The summed E-state index contributed by atoms with van der Waals surface area (Å²) in [4.78, 5) is 6.49. The summed E-state index contributed by atoms with van der Waals surface area (Å²) < 4.78 is 11.8. The van der Waals surface area contributed by atoms with E-state index in [1.165, 1.54) is 11.3 Å². The summed E-state index contributed by atoms with van der Waals surface area (Å²) in [5.74, 6) is 1.34. The summed E-state index contributed by atoms with van der Waals surface area (Å²) >= 11 is 9.20. The number of thiazole rings is 1. The van der Waals surface area contributed by atoms with Crippen molar-refractivity contribution in [2.45, 2.75) is 13.5 Å². The van der Waals surface area contributed by atoms with Crippen LogP contribution in [0.2, 0.25) is 4.34 Å².